The molecule has 0 aliphatic carbocycles. The molecular weight excluding hydrogens is 250 g/mol. The van der Waals surface area contributed by atoms with E-state index < -0.39 is 0 Å². The summed E-state index contributed by atoms with van der Waals surface area (Å²) in [7, 11) is 0. The molecule has 0 radical (unpaired) electrons. The predicted octanol–water partition coefficient (Wildman–Crippen LogP) is 1.40. The maximum Gasteiger partial charge on any atom is 0.137 e. The highest BCUT2D eigenvalue weighted by atomic mass is 16.5. The minimum Gasteiger partial charge on any atom is -0.490 e. The lowest BCUT2D eigenvalue weighted by Gasteiger charge is -2.24. The molecule has 1 aliphatic heterocycles. The standard InChI is InChI=1S/C17H27NO2/c1-17(2,3)15-8-4-5-9-16(15)20-13-14(19)12-18-10-6-7-11-18/h4-5,8-9,14,19H,6-7,10-13H2,1-3H3/p+1/t14-/m1/s1. The van der Waals surface area contributed by atoms with Crippen LogP contribution in [-0.2, 0) is 5.41 Å². The molecule has 1 aromatic carbocycles. The van der Waals surface area contributed by atoms with E-state index in [1.54, 1.807) is 0 Å². The van der Waals surface area contributed by atoms with Gasteiger partial charge in [0.05, 0.1) is 13.1 Å². The number of hydrogen-bond acceptors (Lipinski definition) is 2. The lowest BCUT2D eigenvalue weighted by atomic mass is 9.86. The Balaban J connectivity index is 1.90. The van der Waals surface area contributed by atoms with Crippen molar-refractivity contribution < 1.29 is 14.7 Å². The lowest BCUT2D eigenvalue weighted by molar-refractivity contribution is -0.890. The predicted molar refractivity (Wildman–Crippen MR) is 81.4 cm³/mol. The van der Waals surface area contributed by atoms with Gasteiger partial charge in [-0.3, -0.25) is 0 Å². The summed E-state index contributed by atoms with van der Waals surface area (Å²) in [6.45, 7) is 10.1. The van der Waals surface area contributed by atoms with E-state index in [1.807, 2.05) is 18.2 Å². The molecule has 112 valence electrons. The molecule has 2 N–H and O–H groups in total. The molecule has 1 aromatic rings. The Morgan fingerprint density at radius 3 is 2.50 bits per heavy atom. The van der Waals surface area contributed by atoms with Crippen LogP contribution in [-0.4, -0.2) is 37.5 Å². The molecule has 1 aliphatic rings. The Hall–Kier alpha value is -1.06. The van der Waals surface area contributed by atoms with Gasteiger partial charge in [0.1, 0.15) is 25.0 Å². The minimum atomic E-state index is -0.379. The smallest absolute Gasteiger partial charge is 0.137 e. The molecular formula is C17H28NO2+. The molecule has 0 unspecified atom stereocenters. The van der Waals surface area contributed by atoms with Crippen molar-refractivity contribution in [3.8, 4) is 5.75 Å². The number of ether oxygens (including phenoxy) is 1. The molecule has 1 fully saturated rings. The second kappa shape index (κ2) is 6.59. The van der Waals surface area contributed by atoms with Crippen LogP contribution in [0.15, 0.2) is 24.3 Å². The van der Waals surface area contributed by atoms with Crippen LogP contribution in [0.25, 0.3) is 0 Å². The van der Waals surface area contributed by atoms with Crippen LogP contribution in [0, 0.1) is 0 Å². The second-order valence-corrected chi connectivity index (χ2v) is 6.87. The van der Waals surface area contributed by atoms with Crippen LogP contribution < -0.4 is 9.64 Å². The molecule has 3 heteroatoms. The van der Waals surface area contributed by atoms with Crippen molar-refractivity contribution in [3.63, 3.8) is 0 Å². The van der Waals surface area contributed by atoms with Gasteiger partial charge < -0.3 is 14.7 Å². The normalized spacial score (nSPS) is 18.2. The molecule has 3 nitrogen and oxygen atoms in total. The van der Waals surface area contributed by atoms with Gasteiger partial charge in [0.2, 0.25) is 0 Å². The maximum absolute atomic E-state index is 10.1. The van der Waals surface area contributed by atoms with Crippen molar-refractivity contribution in [3.05, 3.63) is 29.8 Å². The third-order valence-electron chi connectivity index (χ3n) is 3.96. The molecule has 0 aromatic heterocycles. The highest BCUT2D eigenvalue weighted by Gasteiger charge is 2.21. The molecule has 20 heavy (non-hydrogen) atoms. The van der Waals surface area contributed by atoms with E-state index in [2.05, 4.69) is 26.8 Å². The van der Waals surface area contributed by atoms with E-state index in [0.29, 0.717) is 6.61 Å². The zero-order chi connectivity index (χ0) is 14.6. The first kappa shape index (κ1) is 15.3. The minimum absolute atomic E-state index is 0.0573. The van der Waals surface area contributed by atoms with Crippen molar-refractivity contribution in [2.45, 2.75) is 45.1 Å². The van der Waals surface area contributed by atoms with Crippen LogP contribution in [0.1, 0.15) is 39.2 Å². The Morgan fingerprint density at radius 2 is 1.85 bits per heavy atom. The van der Waals surface area contributed by atoms with Gasteiger partial charge in [-0.25, -0.2) is 0 Å². The number of quaternary nitrogens is 1. The molecule has 0 bridgehead atoms. The van der Waals surface area contributed by atoms with Crippen molar-refractivity contribution in [1.29, 1.82) is 0 Å². The summed E-state index contributed by atoms with van der Waals surface area (Å²) in [6.07, 6.45) is 2.20. The highest BCUT2D eigenvalue weighted by molar-refractivity contribution is 5.38. The number of hydrogen-bond donors (Lipinski definition) is 2. The van der Waals surface area contributed by atoms with Gasteiger partial charge in [-0.05, 0) is 17.0 Å². The summed E-state index contributed by atoms with van der Waals surface area (Å²) in [4.78, 5) is 1.50. The fourth-order valence-electron chi connectivity index (χ4n) is 2.87. The van der Waals surface area contributed by atoms with E-state index >= 15 is 0 Å². The van der Waals surface area contributed by atoms with Crippen LogP contribution in [0.5, 0.6) is 5.75 Å². The maximum atomic E-state index is 10.1. The van der Waals surface area contributed by atoms with Gasteiger partial charge in [0.25, 0.3) is 0 Å². The Morgan fingerprint density at radius 1 is 1.20 bits per heavy atom. The molecule has 0 saturated carbocycles. The third kappa shape index (κ3) is 4.22. The van der Waals surface area contributed by atoms with Gasteiger partial charge in [-0.1, -0.05) is 39.0 Å². The van der Waals surface area contributed by atoms with Crippen molar-refractivity contribution >= 4 is 0 Å². The van der Waals surface area contributed by atoms with Gasteiger partial charge in [0, 0.05) is 12.8 Å². The van der Waals surface area contributed by atoms with Gasteiger partial charge in [-0.2, -0.15) is 0 Å². The second-order valence-electron chi connectivity index (χ2n) is 6.87. The third-order valence-corrected chi connectivity index (χ3v) is 3.96. The zero-order valence-electron chi connectivity index (χ0n) is 13.0. The Kier molecular flexibility index (Phi) is 5.06. The van der Waals surface area contributed by atoms with Crippen LogP contribution in [0.4, 0.5) is 0 Å². The molecule has 1 atom stereocenters. The summed E-state index contributed by atoms with van der Waals surface area (Å²) in [6, 6.07) is 8.13. The van der Waals surface area contributed by atoms with E-state index in [-0.39, 0.29) is 11.5 Å². The van der Waals surface area contributed by atoms with E-state index in [9.17, 15) is 5.11 Å². The summed E-state index contributed by atoms with van der Waals surface area (Å²) in [5, 5.41) is 10.1. The molecule has 1 heterocycles. The highest BCUT2D eigenvalue weighted by Crippen LogP contribution is 2.30. The zero-order valence-corrected chi connectivity index (χ0v) is 13.0. The fourth-order valence-corrected chi connectivity index (χ4v) is 2.87. The molecule has 1 saturated heterocycles. The average molecular weight is 278 g/mol. The van der Waals surface area contributed by atoms with Crippen molar-refractivity contribution in [1.82, 2.24) is 0 Å². The summed E-state index contributed by atoms with van der Waals surface area (Å²) < 4.78 is 5.87. The van der Waals surface area contributed by atoms with Crippen molar-refractivity contribution in [2.75, 3.05) is 26.2 Å². The summed E-state index contributed by atoms with van der Waals surface area (Å²) >= 11 is 0. The first-order chi connectivity index (χ1) is 9.47. The van der Waals surface area contributed by atoms with Crippen LogP contribution >= 0.6 is 0 Å². The largest absolute Gasteiger partial charge is 0.490 e. The molecule has 0 spiro atoms. The van der Waals surface area contributed by atoms with E-state index in [1.165, 1.54) is 36.4 Å². The van der Waals surface area contributed by atoms with Gasteiger partial charge in [-0.15, -0.1) is 0 Å². The number of benzene rings is 1. The first-order valence-electron chi connectivity index (χ1n) is 7.71. The SMILES string of the molecule is CC(C)(C)c1ccccc1OC[C@H](O)C[NH+]1CCCC1. The quantitative estimate of drug-likeness (QED) is 0.854. The fraction of sp³-hybridized carbons (Fsp3) is 0.647. The lowest BCUT2D eigenvalue weighted by Crippen LogP contribution is -3.11. The van der Waals surface area contributed by atoms with Gasteiger partial charge >= 0.3 is 0 Å². The van der Waals surface area contributed by atoms with Crippen LogP contribution in [0.2, 0.25) is 0 Å². The topological polar surface area (TPSA) is 33.9 Å². The van der Waals surface area contributed by atoms with Crippen LogP contribution in [0.3, 0.4) is 0 Å². The summed E-state index contributed by atoms with van der Waals surface area (Å²) in [5.74, 6) is 0.899. The average Bonchev–Trinajstić information content (AvgIpc) is 2.88. The number of aliphatic hydroxyl groups is 1. The number of nitrogens with one attached hydrogen (secondary N) is 1. The van der Waals surface area contributed by atoms with E-state index in [4.69, 9.17) is 4.74 Å². The Labute approximate surface area is 122 Å². The summed E-state index contributed by atoms with van der Waals surface area (Å²) in [5.41, 5.74) is 1.25. The molecule has 2 rings (SSSR count). The first-order valence-corrected chi connectivity index (χ1v) is 7.71. The van der Waals surface area contributed by atoms with Gasteiger partial charge in [0.15, 0.2) is 0 Å². The van der Waals surface area contributed by atoms with E-state index in [0.717, 1.165) is 12.3 Å². The Bertz CT molecular complexity index is 419. The molecule has 0 amide bonds. The number of likely N-dealkylation sites (tertiary alicyclic amines) is 1. The van der Waals surface area contributed by atoms with Crippen molar-refractivity contribution in [2.24, 2.45) is 0 Å². The number of aliphatic hydroxyl groups excluding tert-OH is 1. The monoisotopic (exact) mass is 278 g/mol. The number of rotatable bonds is 5. The number of para-hydroxylation sites is 1.